The van der Waals surface area contributed by atoms with Gasteiger partial charge in [-0.05, 0) is 19.3 Å². The molecule has 1 heterocycles. The Morgan fingerprint density at radius 3 is 2.70 bits per heavy atom. The molecule has 0 aromatic carbocycles. The minimum Gasteiger partial charge on any atom is -0.299 e. The summed E-state index contributed by atoms with van der Waals surface area (Å²) in [4.78, 5) is 11.0. The van der Waals surface area contributed by atoms with E-state index < -0.39 is 0 Å². The number of ketones is 1. The standard InChI is InChI=1S/C8H10OS/c1-5(9)8-6-2-3-7(4-6)10-8/h2-3,6-8H,4H2,1H3/t6-,7+,8+/m1/s1. The van der Waals surface area contributed by atoms with Gasteiger partial charge in [-0.15, -0.1) is 11.8 Å². The van der Waals surface area contributed by atoms with Crippen LogP contribution in [0.4, 0.5) is 0 Å². The van der Waals surface area contributed by atoms with Crippen molar-refractivity contribution >= 4 is 17.5 Å². The number of allylic oxidation sites excluding steroid dienone is 1. The van der Waals surface area contributed by atoms with Gasteiger partial charge in [0.25, 0.3) is 0 Å². The van der Waals surface area contributed by atoms with E-state index in [1.165, 1.54) is 6.42 Å². The third-order valence-corrected chi connectivity index (χ3v) is 3.86. The molecule has 2 rings (SSSR count). The van der Waals surface area contributed by atoms with E-state index in [2.05, 4.69) is 12.2 Å². The van der Waals surface area contributed by atoms with Crippen molar-refractivity contribution in [3.8, 4) is 0 Å². The Kier molecular flexibility index (Phi) is 1.37. The van der Waals surface area contributed by atoms with Gasteiger partial charge in [0.05, 0.1) is 5.25 Å². The van der Waals surface area contributed by atoms with Crippen LogP contribution in [-0.2, 0) is 4.79 Å². The smallest absolute Gasteiger partial charge is 0.143 e. The highest BCUT2D eigenvalue weighted by Gasteiger charge is 2.38. The molecule has 1 saturated heterocycles. The Bertz CT molecular complexity index is 197. The number of rotatable bonds is 1. The predicted molar refractivity (Wildman–Crippen MR) is 43.1 cm³/mol. The molecule has 0 aromatic rings. The fourth-order valence-electron chi connectivity index (χ4n) is 1.70. The lowest BCUT2D eigenvalue weighted by atomic mass is 10.0. The number of hydrogen-bond acceptors (Lipinski definition) is 2. The third kappa shape index (κ3) is 0.823. The highest BCUT2D eigenvalue weighted by atomic mass is 32.2. The van der Waals surface area contributed by atoms with E-state index in [4.69, 9.17) is 0 Å². The molecule has 0 spiro atoms. The van der Waals surface area contributed by atoms with Crippen molar-refractivity contribution < 1.29 is 4.79 Å². The van der Waals surface area contributed by atoms with E-state index in [1.807, 2.05) is 11.8 Å². The van der Waals surface area contributed by atoms with Crippen LogP contribution in [0.15, 0.2) is 12.2 Å². The molecule has 1 aliphatic carbocycles. The predicted octanol–water partition coefficient (Wildman–Crippen LogP) is 1.64. The molecule has 1 nitrogen and oxygen atoms in total. The second-order valence-corrected chi connectivity index (χ2v) is 4.38. The van der Waals surface area contributed by atoms with Gasteiger partial charge in [0, 0.05) is 5.25 Å². The molecule has 2 bridgehead atoms. The van der Waals surface area contributed by atoms with E-state index in [0.717, 1.165) is 0 Å². The van der Waals surface area contributed by atoms with Gasteiger partial charge in [0.2, 0.25) is 0 Å². The molecule has 0 N–H and O–H groups in total. The van der Waals surface area contributed by atoms with E-state index in [1.54, 1.807) is 6.92 Å². The lowest BCUT2D eigenvalue weighted by Crippen LogP contribution is -2.18. The number of fused-ring (bicyclic) bond motifs is 2. The summed E-state index contributed by atoms with van der Waals surface area (Å²) in [6.07, 6.45) is 5.64. The second-order valence-electron chi connectivity index (χ2n) is 2.99. The van der Waals surface area contributed by atoms with Crippen LogP contribution in [0.1, 0.15) is 13.3 Å². The summed E-state index contributed by atoms with van der Waals surface area (Å²) in [6.45, 7) is 1.70. The van der Waals surface area contributed by atoms with Gasteiger partial charge >= 0.3 is 0 Å². The maximum atomic E-state index is 11.0. The first-order valence-corrected chi connectivity index (χ1v) is 4.56. The summed E-state index contributed by atoms with van der Waals surface area (Å²) in [6, 6.07) is 0. The zero-order valence-corrected chi connectivity index (χ0v) is 6.73. The van der Waals surface area contributed by atoms with Crippen molar-refractivity contribution in [1.29, 1.82) is 0 Å². The summed E-state index contributed by atoms with van der Waals surface area (Å²) >= 11 is 1.83. The topological polar surface area (TPSA) is 17.1 Å². The molecule has 54 valence electrons. The van der Waals surface area contributed by atoms with Crippen molar-refractivity contribution in [2.75, 3.05) is 0 Å². The van der Waals surface area contributed by atoms with E-state index >= 15 is 0 Å². The molecular formula is C8H10OS. The molecule has 3 atom stereocenters. The van der Waals surface area contributed by atoms with Gasteiger partial charge in [-0.25, -0.2) is 0 Å². The number of carbonyl (C=O) groups is 1. The zero-order valence-electron chi connectivity index (χ0n) is 5.91. The molecule has 0 radical (unpaired) electrons. The summed E-state index contributed by atoms with van der Waals surface area (Å²) in [7, 11) is 0. The van der Waals surface area contributed by atoms with Crippen molar-refractivity contribution in [1.82, 2.24) is 0 Å². The Morgan fingerprint density at radius 2 is 2.40 bits per heavy atom. The maximum absolute atomic E-state index is 11.0. The van der Waals surface area contributed by atoms with Crippen LogP contribution >= 0.6 is 11.8 Å². The molecule has 0 unspecified atom stereocenters. The average Bonchev–Trinajstić information content (AvgIpc) is 2.44. The molecule has 0 aromatic heterocycles. The SMILES string of the molecule is CC(=O)[C@@H]1S[C@H]2C=C[C@@H]1C2. The molecule has 2 heteroatoms. The monoisotopic (exact) mass is 154 g/mol. The van der Waals surface area contributed by atoms with Gasteiger partial charge in [-0.1, -0.05) is 12.2 Å². The number of hydrogen-bond donors (Lipinski definition) is 0. The fraction of sp³-hybridized carbons (Fsp3) is 0.625. The van der Waals surface area contributed by atoms with Crippen LogP contribution in [0.25, 0.3) is 0 Å². The van der Waals surface area contributed by atoms with Crippen LogP contribution in [0.3, 0.4) is 0 Å². The maximum Gasteiger partial charge on any atom is 0.143 e. The lowest BCUT2D eigenvalue weighted by molar-refractivity contribution is -0.116. The Labute approximate surface area is 64.9 Å². The van der Waals surface area contributed by atoms with Gasteiger partial charge in [0.1, 0.15) is 5.78 Å². The van der Waals surface area contributed by atoms with Crippen molar-refractivity contribution in [2.24, 2.45) is 5.92 Å². The third-order valence-electron chi connectivity index (χ3n) is 2.19. The van der Waals surface area contributed by atoms with E-state index in [-0.39, 0.29) is 5.25 Å². The summed E-state index contributed by atoms with van der Waals surface area (Å²) in [5.41, 5.74) is 0. The van der Waals surface area contributed by atoms with Crippen LogP contribution in [0.5, 0.6) is 0 Å². The molecule has 0 saturated carbocycles. The Hall–Kier alpha value is -0.240. The summed E-state index contributed by atoms with van der Waals surface area (Å²) in [5, 5.41) is 0.939. The van der Waals surface area contributed by atoms with Crippen LogP contribution in [0, 0.1) is 5.92 Å². The van der Waals surface area contributed by atoms with Crippen LogP contribution in [0.2, 0.25) is 0 Å². The average molecular weight is 154 g/mol. The number of thioether (sulfide) groups is 1. The number of Topliss-reactive ketones (excluding diaryl/α,β-unsaturated/α-hetero) is 1. The molecule has 2 aliphatic rings. The van der Waals surface area contributed by atoms with E-state index in [0.29, 0.717) is 17.0 Å². The Morgan fingerprint density at radius 1 is 1.60 bits per heavy atom. The fourth-order valence-corrected chi connectivity index (χ4v) is 3.19. The minimum absolute atomic E-state index is 0.287. The molecule has 0 amide bonds. The summed E-state index contributed by atoms with van der Waals surface area (Å²) in [5.74, 6) is 0.911. The minimum atomic E-state index is 0.287. The van der Waals surface area contributed by atoms with Gasteiger partial charge in [-0.2, -0.15) is 0 Å². The quantitative estimate of drug-likeness (QED) is 0.534. The highest BCUT2D eigenvalue weighted by Crippen LogP contribution is 2.44. The van der Waals surface area contributed by atoms with Gasteiger partial charge in [-0.3, -0.25) is 4.79 Å². The van der Waals surface area contributed by atoms with E-state index in [9.17, 15) is 4.79 Å². The largest absolute Gasteiger partial charge is 0.299 e. The molecule has 10 heavy (non-hydrogen) atoms. The first-order valence-electron chi connectivity index (χ1n) is 3.61. The second kappa shape index (κ2) is 2.12. The van der Waals surface area contributed by atoms with Gasteiger partial charge < -0.3 is 0 Å². The molecular weight excluding hydrogens is 144 g/mol. The zero-order chi connectivity index (χ0) is 7.14. The van der Waals surface area contributed by atoms with Crippen molar-refractivity contribution in [3.05, 3.63) is 12.2 Å². The first kappa shape index (κ1) is 6.47. The van der Waals surface area contributed by atoms with Crippen LogP contribution in [-0.4, -0.2) is 16.3 Å². The van der Waals surface area contributed by atoms with Gasteiger partial charge in [0.15, 0.2) is 0 Å². The highest BCUT2D eigenvalue weighted by molar-refractivity contribution is 8.01. The molecule has 1 aliphatic heterocycles. The van der Waals surface area contributed by atoms with Crippen molar-refractivity contribution in [2.45, 2.75) is 23.8 Å². The Balaban J connectivity index is 2.16. The molecule has 1 fully saturated rings. The number of carbonyl (C=O) groups excluding carboxylic acids is 1. The normalized spacial score (nSPS) is 42.7. The van der Waals surface area contributed by atoms with Crippen LogP contribution < -0.4 is 0 Å². The van der Waals surface area contributed by atoms with Crippen molar-refractivity contribution in [3.63, 3.8) is 0 Å². The summed E-state index contributed by atoms with van der Waals surface area (Å²) < 4.78 is 0. The lowest BCUT2D eigenvalue weighted by Gasteiger charge is -2.12. The first-order chi connectivity index (χ1) is 4.77.